The molecular formula is C28H34N6O8. The number of methoxy groups -OCH3 is 1. The van der Waals surface area contributed by atoms with Crippen LogP contribution in [0.25, 0.3) is 11.2 Å². The number of ether oxygens (including phenoxy) is 4. The highest BCUT2D eigenvalue weighted by Crippen LogP contribution is 2.38. The van der Waals surface area contributed by atoms with Crippen molar-refractivity contribution in [1.29, 1.82) is 0 Å². The topological polar surface area (TPSA) is 187 Å². The summed E-state index contributed by atoms with van der Waals surface area (Å²) in [6.07, 6.45) is 0.0584. The largest absolute Gasteiger partial charge is 0.469 e. The van der Waals surface area contributed by atoms with Gasteiger partial charge in [-0.1, -0.05) is 25.1 Å². The highest BCUT2D eigenvalue weighted by Gasteiger charge is 2.50. The third-order valence-corrected chi connectivity index (χ3v) is 6.90. The molecule has 0 saturated carbocycles. The fourth-order valence-electron chi connectivity index (χ4n) is 4.87. The number of anilines is 1. The molecule has 1 amide bonds. The van der Waals surface area contributed by atoms with Gasteiger partial charge in [-0.25, -0.2) is 15.0 Å². The van der Waals surface area contributed by atoms with E-state index in [9.17, 15) is 19.2 Å². The van der Waals surface area contributed by atoms with E-state index in [1.165, 1.54) is 38.2 Å². The molecule has 2 aromatic heterocycles. The van der Waals surface area contributed by atoms with Crippen molar-refractivity contribution in [3.63, 3.8) is 0 Å². The van der Waals surface area contributed by atoms with Gasteiger partial charge in [0.05, 0.1) is 19.4 Å². The molecule has 0 spiro atoms. The van der Waals surface area contributed by atoms with E-state index in [1.807, 2.05) is 0 Å². The van der Waals surface area contributed by atoms with Crippen LogP contribution in [0.1, 0.15) is 56.6 Å². The number of imidazole rings is 1. The molecule has 0 bridgehead atoms. The minimum absolute atomic E-state index is 0.171. The predicted molar refractivity (Wildman–Crippen MR) is 148 cm³/mol. The van der Waals surface area contributed by atoms with E-state index in [-0.39, 0.29) is 41.2 Å². The molecule has 14 nitrogen and oxygen atoms in total. The van der Waals surface area contributed by atoms with Crippen LogP contribution in [-0.2, 0) is 33.3 Å². The minimum atomic E-state index is -1.06. The average molecular weight is 583 g/mol. The van der Waals surface area contributed by atoms with E-state index < -0.39 is 42.5 Å². The van der Waals surface area contributed by atoms with Gasteiger partial charge >= 0.3 is 17.9 Å². The second-order valence-electron chi connectivity index (χ2n) is 10.1. The number of nitrogens with two attached hydrogens (primary N) is 1. The first-order valence-electron chi connectivity index (χ1n) is 13.5. The Bertz CT molecular complexity index is 1430. The molecule has 224 valence electrons. The normalized spacial score (nSPS) is 21.4. The molecule has 1 saturated heterocycles. The lowest BCUT2D eigenvalue weighted by molar-refractivity contribution is -0.165. The van der Waals surface area contributed by atoms with Crippen LogP contribution in [-0.4, -0.2) is 74.8 Å². The Hall–Kier alpha value is -4.43. The van der Waals surface area contributed by atoms with E-state index in [0.29, 0.717) is 18.4 Å². The molecule has 1 aliphatic heterocycles. The van der Waals surface area contributed by atoms with Crippen molar-refractivity contribution in [3.05, 3.63) is 48.5 Å². The van der Waals surface area contributed by atoms with Gasteiger partial charge in [0.1, 0.15) is 12.4 Å². The maximum atomic E-state index is 12.8. The van der Waals surface area contributed by atoms with Crippen molar-refractivity contribution in [2.75, 3.05) is 12.4 Å². The van der Waals surface area contributed by atoms with Crippen LogP contribution in [0.4, 0.5) is 5.82 Å². The van der Waals surface area contributed by atoms with E-state index in [4.69, 9.17) is 24.7 Å². The zero-order chi connectivity index (χ0) is 30.4. The number of hydrogen-bond acceptors (Lipinski definition) is 12. The predicted octanol–water partition coefficient (Wildman–Crippen LogP) is 2.15. The van der Waals surface area contributed by atoms with Crippen molar-refractivity contribution in [2.45, 2.75) is 70.6 Å². The molecule has 1 aliphatic rings. The van der Waals surface area contributed by atoms with Crippen molar-refractivity contribution >= 4 is 40.8 Å². The van der Waals surface area contributed by atoms with Crippen LogP contribution in [0.15, 0.2) is 43.0 Å². The molecule has 42 heavy (non-hydrogen) atoms. The molecular weight excluding hydrogens is 548 g/mol. The second-order valence-corrected chi connectivity index (χ2v) is 10.1. The molecule has 1 unspecified atom stereocenters. The number of carbonyl (C=O) groups excluding carboxylic acids is 4. The zero-order valence-electron chi connectivity index (χ0n) is 23.8. The summed E-state index contributed by atoms with van der Waals surface area (Å²) in [5, 5.41) is 2.74. The molecule has 1 fully saturated rings. The number of rotatable bonds is 11. The number of aromatic nitrogens is 4. The van der Waals surface area contributed by atoms with Gasteiger partial charge in [-0.05, 0) is 31.4 Å². The van der Waals surface area contributed by atoms with Crippen molar-refractivity contribution in [3.8, 4) is 0 Å². The van der Waals surface area contributed by atoms with Crippen LogP contribution in [0.3, 0.4) is 0 Å². The summed E-state index contributed by atoms with van der Waals surface area (Å²) in [6.45, 7) is 4.23. The second kappa shape index (κ2) is 13.5. The Morgan fingerprint density at radius 1 is 1.02 bits per heavy atom. The summed E-state index contributed by atoms with van der Waals surface area (Å²) >= 11 is 0. The summed E-state index contributed by atoms with van der Waals surface area (Å²) in [7, 11) is 1.33. The number of nitrogens with one attached hydrogen (secondary N) is 1. The minimum Gasteiger partial charge on any atom is -0.469 e. The van der Waals surface area contributed by atoms with Crippen LogP contribution in [0.2, 0.25) is 0 Å². The summed E-state index contributed by atoms with van der Waals surface area (Å²) in [5.41, 5.74) is 7.38. The van der Waals surface area contributed by atoms with Gasteiger partial charge in [0, 0.05) is 25.5 Å². The summed E-state index contributed by atoms with van der Waals surface area (Å²) < 4.78 is 23.8. The number of nitrogens with zero attached hydrogens (tertiary/aromatic N) is 4. The smallest absolute Gasteiger partial charge is 0.308 e. The molecule has 0 radical (unpaired) electrons. The molecule has 3 heterocycles. The van der Waals surface area contributed by atoms with Gasteiger partial charge in [0.2, 0.25) is 0 Å². The third kappa shape index (κ3) is 7.06. The van der Waals surface area contributed by atoms with Crippen LogP contribution >= 0.6 is 0 Å². The lowest BCUT2D eigenvalue weighted by Gasteiger charge is -2.25. The van der Waals surface area contributed by atoms with E-state index in [2.05, 4.69) is 20.3 Å². The Balaban J connectivity index is 1.61. The Labute approximate surface area is 241 Å². The molecule has 4 rings (SSSR count). The van der Waals surface area contributed by atoms with Crippen molar-refractivity contribution in [2.24, 2.45) is 11.7 Å². The van der Waals surface area contributed by atoms with Crippen LogP contribution in [0.5, 0.6) is 0 Å². The first-order valence-corrected chi connectivity index (χ1v) is 13.5. The maximum absolute atomic E-state index is 12.8. The Morgan fingerprint density at radius 2 is 1.71 bits per heavy atom. The highest BCUT2D eigenvalue weighted by atomic mass is 16.6. The fourth-order valence-corrected chi connectivity index (χ4v) is 4.87. The van der Waals surface area contributed by atoms with E-state index >= 15 is 0 Å². The summed E-state index contributed by atoms with van der Waals surface area (Å²) in [6, 6.07) is 8.19. The summed E-state index contributed by atoms with van der Waals surface area (Å²) in [4.78, 5) is 61.7. The fraction of sp³-hybridized carbons (Fsp3) is 0.464. The van der Waals surface area contributed by atoms with Gasteiger partial charge in [-0.15, -0.1) is 0 Å². The quantitative estimate of drug-likeness (QED) is 0.248. The Kier molecular flexibility index (Phi) is 9.80. The van der Waals surface area contributed by atoms with Gasteiger partial charge in [-0.3, -0.25) is 23.7 Å². The van der Waals surface area contributed by atoms with Crippen LogP contribution < -0.4 is 11.1 Å². The Morgan fingerprint density at radius 3 is 2.38 bits per heavy atom. The van der Waals surface area contributed by atoms with Crippen molar-refractivity contribution < 1.29 is 38.1 Å². The first-order chi connectivity index (χ1) is 20.1. The van der Waals surface area contributed by atoms with Crippen molar-refractivity contribution in [1.82, 2.24) is 19.5 Å². The number of benzene rings is 1. The lowest BCUT2D eigenvalue weighted by Crippen LogP contribution is -2.41. The van der Waals surface area contributed by atoms with Gasteiger partial charge in [-0.2, -0.15) is 0 Å². The van der Waals surface area contributed by atoms with Crippen LogP contribution in [0, 0.1) is 5.92 Å². The molecule has 6 atom stereocenters. The lowest BCUT2D eigenvalue weighted by atomic mass is 9.96. The number of amides is 1. The number of esters is 3. The molecule has 14 heteroatoms. The molecule has 3 N–H and O–H groups in total. The zero-order valence-corrected chi connectivity index (χ0v) is 23.8. The molecule has 3 aromatic rings. The number of carbonyl (C=O) groups is 4. The van der Waals surface area contributed by atoms with E-state index in [1.54, 1.807) is 37.3 Å². The first kappa shape index (κ1) is 30.5. The highest BCUT2D eigenvalue weighted by molar-refractivity contribution is 6.06. The third-order valence-electron chi connectivity index (χ3n) is 6.90. The molecule has 1 aromatic carbocycles. The average Bonchev–Trinajstić information content (AvgIpc) is 3.53. The summed E-state index contributed by atoms with van der Waals surface area (Å²) in [5.74, 6) is -2.10. The van der Waals surface area contributed by atoms with E-state index in [0.717, 1.165) is 0 Å². The molecule has 0 aliphatic carbocycles. The van der Waals surface area contributed by atoms with Gasteiger partial charge < -0.3 is 30.0 Å². The number of fused-ring (bicyclic) bond motifs is 1. The van der Waals surface area contributed by atoms with Gasteiger partial charge in [0.25, 0.3) is 5.91 Å². The monoisotopic (exact) mass is 582 g/mol. The van der Waals surface area contributed by atoms with Gasteiger partial charge in [0.15, 0.2) is 35.4 Å². The SMILES string of the molecule is COC(=O)[C@@H](C)CC[C@H](N)C[C@H]1O[C@@H](n2cnc3c(NC(=O)c4ccccc4)ncnc32)C(OC(C)=O)[C@H]1OC(C)=O. The number of hydrogen-bond donors (Lipinski definition) is 2. The standard InChI is InChI=1S/C28H34N6O8/c1-15(28(38)39-4)10-11-19(29)12-20-22(40-16(2)35)23(41-17(3)36)27(42-20)34-14-32-21-24(30-13-31-25(21)34)33-26(37)18-8-6-5-7-9-18/h5-9,13-15,19-20,22-23,27H,10-12,29H2,1-4H3,(H,30,31,33,37)/t15-,19-,20+,22-,23?,27+/m0/s1. The maximum Gasteiger partial charge on any atom is 0.308 e.